The number of alkyl halides is 3. The van der Waals surface area contributed by atoms with Gasteiger partial charge >= 0.3 is 12.1 Å². The number of carbonyl (C=O) groups is 2. The molecule has 0 aromatic carbocycles. The lowest BCUT2D eigenvalue weighted by Gasteiger charge is -1.97. The molecule has 0 aliphatic heterocycles. The summed E-state index contributed by atoms with van der Waals surface area (Å²) in [6, 6.07) is -0.681. The number of aldehydes is 1. The predicted molar refractivity (Wildman–Crippen MR) is 38.0 cm³/mol. The third-order valence-electron chi connectivity index (χ3n) is 0.891. The van der Waals surface area contributed by atoms with Crippen LogP contribution in [0, 0.1) is 0 Å². The molecule has 13 heavy (non-hydrogen) atoms. The summed E-state index contributed by atoms with van der Waals surface area (Å²) in [5.74, 6) is -0.928. The molecule has 0 spiro atoms. The van der Waals surface area contributed by atoms with Gasteiger partial charge in [0.05, 0.1) is 0 Å². The van der Waals surface area contributed by atoms with E-state index in [1.807, 2.05) is 0 Å². The van der Waals surface area contributed by atoms with Crippen molar-refractivity contribution >= 4 is 12.3 Å². The Morgan fingerprint density at radius 3 is 1.92 bits per heavy atom. The minimum Gasteiger partial charge on any atom is -0.480 e. The molecule has 0 rings (SSSR count). The van der Waals surface area contributed by atoms with Gasteiger partial charge in [-0.15, -0.1) is 0 Å². The highest BCUT2D eigenvalue weighted by atomic mass is 19.4. The predicted octanol–water partition coefficient (Wildman–Crippen LogP) is 0.556. The molecule has 0 saturated heterocycles. The fourth-order valence-electron chi connectivity index (χ4n) is 0.175. The maximum Gasteiger partial charge on any atom is 0.446 e. The lowest BCUT2D eigenvalue weighted by molar-refractivity contribution is -0.156. The highest BCUT2D eigenvalue weighted by Crippen LogP contribution is 2.08. The molecule has 0 bridgehead atoms. The second kappa shape index (κ2) is 6.41. The highest BCUT2D eigenvalue weighted by Gasteiger charge is 2.24. The lowest BCUT2D eigenvalue weighted by atomic mass is 10.2. The van der Waals surface area contributed by atoms with Gasteiger partial charge in [0.2, 0.25) is 6.29 Å². The van der Waals surface area contributed by atoms with E-state index < -0.39 is 24.5 Å². The van der Waals surface area contributed by atoms with Crippen molar-refractivity contribution < 1.29 is 27.9 Å². The van der Waals surface area contributed by atoms with Crippen molar-refractivity contribution in [2.75, 3.05) is 0 Å². The van der Waals surface area contributed by atoms with Crippen molar-refractivity contribution in [1.29, 1.82) is 0 Å². The first-order chi connectivity index (χ1) is 5.74. The molecule has 0 unspecified atom stereocenters. The molecule has 0 heterocycles. The third kappa shape index (κ3) is 13.8. The summed E-state index contributed by atoms with van der Waals surface area (Å²) in [5, 5.41) is 8.06. The van der Waals surface area contributed by atoms with E-state index in [-0.39, 0.29) is 0 Å². The summed E-state index contributed by atoms with van der Waals surface area (Å²) in [4.78, 5) is 18.5. The van der Waals surface area contributed by atoms with Crippen molar-refractivity contribution in [3.63, 3.8) is 0 Å². The first kappa shape index (κ1) is 14.4. The van der Waals surface area contributed by atoms with Crippen LogP contribution < -0.4 is 5.73 Å². The molecule has 0 saturated carbocycles. The molecule has 0 radical (unpaired) electrons. The van der Waals surface area contributed by atoms with Crippen LogP contribution in [0.3, 0.4) is 0 Å². The van der Waals surface area contributed by atoms with E-state index >= 15 is 0 Å². The van der Waals surface area contributed by atoms with E-state index in [1.165, 1.54) is 0 Å². The average molecular weight is 201 g/mol. The van der Waals surface area contributed by atoms with Crippen LogP contribution in [-0.2, 0) is 9.59 Å². The highest BCUT2D eigenvalue weighted by molar-refractivity contribution is 5.72. The number of hydrogen-bond acceptors (Lipinski definition) is 3. The number of rotatable bonds is 2. The topological polar surface area (TPSA) is 80.4 Å². The zero-order valence-electron chi connectivity index (χ0n) is 6.84. The zero-order chi connectivity index (χ0) is 11.1. The summed E-state index contributed by atoms with van der Waals surface area (Å²) in [6.07, 6.45) is -5.21. The minimum absolute atomic E-state index is 0.495. The number of carbonyl (C=O) groups excluding carboxylic acids is 1. The number of halogens is 3. The molecule has 7 heteroatoms. The van der Waals surface area contributed by atoms with Crippen LogP contribution >= 0.6 is 0 Å². The molecule has 0 aromatic heterocycles. The van der Waals surface area contributed by atoms with Crippen molar-refractivity contribution in [3.05, 3.63) is 0 Å². The summed E-state index contributed by atoms with van der Waals surface area (Å²) in [7, 11) is 0. The Kier molecular flexibility index (Phi) is 7.11. The van der Waals surface area contributed by atoms with Crippen molar-refractivity contribution in [1.82, 2.24) is 0 Å². The summed E-state index contributed by atoms with van der Waals surface area (Å²) < 4.78 is 31.2. The van der Waals surface area contributed by atoms with E-state index in [4.69, 9.17) is 15.6 Å². The second-order valence-electron chi connectivity index (χ2n) is 2.01. The molecule has 0 amide bonds. The average Bonchev–Trinajstić information content (AvgIpc) is 2.02. The van der Waals surface area contributed by atoms with Crippen molar-refractivity contribution in [2.24, 2.45) is 5.73 Å². The number of nitrogens with two attached hydrogens (primary N) is 1. The standard InChI is InChI=1S/C4H9NO2.C2HF3O/c1-2-3(5)4(6)7;3-2(4,5)1-6/h3H,2,5H2,1H3,(H,6,7);1H/t3-;/m0./s1. The van der Waals surface area contributed by atoms with E-state index in [1.54, 1.807) is 6.92 Å². The SMILES string of the molecule is CC[C@H](N)C(=O)O.O=CC(F)(F)F. The second-order valence-corrected chi connectivity index (χ2v) is 2.01. The first-order valence-electron chi connectivity index (χ1n) is 3.26. The molecule has 0 aliphatic rings. The largest absolute Gasteiger partial charge is 0.480 e. The van der Waals surface area contributed by atoms with Crippen LogP contribution in [0.5, 0.6) is 0 Å². The Hall–Kier alpha value is -1.11. The Morgan fingerprint density at radius 2 is 1.92 bits per heavy atom. The van der Waals surface area contributed by atoms with Crippen LogP contribution in [0.4, 0.5) is 13.2 Å². The van der Waals surface area contributed by atoms with E-state index in [9.17, 15) is 18.0 Å². The summed E-state index contributed by atoms with van der Waals surface area (Å²) in [5.41, 5.74) is 5.02. The van der Waals surface area contributed by atoms with Gasteiger partial charge in [-0.2, -0.15) is 13.2 Å². The van der Waals surface area contributed by atoms with Crippen molar-refractivity contribution in [2.45, 2.75) is 25.6 Å². The Balaban J connectivity index is 0. The number of aliphatic carboxylic acids is 1. The number of carboxylic acid groups (broad SMARTS) is 1. The van der Waals surface area contributed by atoms with Crippen LogP contribution in [0.15, 0.2) is 0 Å². The van der Waals surface area contributed by atoms with Gasteiger partial charge in [-0.05, 0) is 6.42 Å². The molecule has 3 N–H and O–H groups in total. The first-order valence-corrected chi connectivity index (χ1v) is 3.26. The van der Waals surface area contributed by atoms with Gasteiger partial charge in [0, 0.05) is 0 Å². The van der Waals surface area contributed by atoms with E-state index in [0.29, 0.717) is 6.42 Å². The fraction of sp³-hybridized carbons (Fsp3) is 0.667. The third-order valence-corrected chi connectivity index (χ3v) is 0.891. The molecule has 0 fully saturated rings. The van der Waals surface area contributed by atoms with Crippen LogP contribution in [0.1, 0.15) is 13.3 Å². The van der Waals surface area contributed by atoms with Gasteiger partial charge in [-0.3, -0.25) is 9.59 Å². The van der Waals surface area contributed by atoms with Crippen LogP contribution in [0.25, 0.3) is 0 Å². The number of hydrogen-bond donors (Lipinski definition) is 2. The van der Waals surface area contributed by atoms with Crippen LogP contribution in [0.2, 0.25) is 0 Å². The monoisotopic (exact) mass is 201 g/mol. The Bertz CT molecular complexity index is 169. The normalized spacial score (nSPS) is 12.4. The van der Waals surface area contributed by atoms with E-state index in [2.05, 4.69) is 0 Å². The minimum atomic E-state index is -4.64. The van der Waals surface area contributed by atoms with Gasteiger partial charge in [-0.1, -0.05) is 6.92 Å². The molecule has 0 aromatic rings. The molecule has 1 atom stereocenters. The van der Waals surface area contributed by atoms with Gasteiger partial charge in [0.25, 0.3) is 0 Å². The maximum absolute atomic E-state index is 10.4. The fourth-order valence-corrected chi connectivity index (χ4v) is 0.175. The summed E-state index contributed by atoms with van der Waals surface area (Å²) >= 11 is 0. The Morgan fingerprint density at radius 1 is 1.62 bits per heavy atom. The quantitative estimate of drug-likeness (QED) is 0.639. The molecular formula is C6H10F3NO3. The molecular weight excluding hydrogens is 191 g/mol. The number of carboxylic acids is 1. The molecule has 4 nitrogen and oxygen atoms in total. The van der Waals surface area contributed by atoms with Gasteiger partial charge in [-0.25, -0.2) is 0 Å². The zero-order valence-corrected chi connectivity index (χ0v) is 6.84. The molecule has 78 valence electrons. The molecule has 0 aliphatic carbocycles. The lowest BCUT2D eigenvalue weighted by Crippen LogP contribution is -2.28. The van der Waals surface area contributed by atoms with E-state index in [0.717, 1.165) is 0 Å². The van der Waals surface area contributed by atoms with Crippen LogP contribution in [-0.4, -0.2) is 29.6 Å². The maximum atomic E-state index is 10.4. The smallest absolute Gasteiger partial charge is 0.446 e. The van der Waals surface area contributed by atoms with Gasteiger partial charge in [0.1, 0.15) is 6.04 Å². The van der Waals surface area contributed by atoms with Gasteiger partial charge < -0.3 is 10.8 Å². The van der Waals surface area contributed by atoms with Crippen molar-refractivity contribution in [3.8, 4) is 0 Å². The summed E-state index contributed by atoms with van der Waals surface area (Å²) in [6.45, 7) is 1.73. The Labute approximate surface area is 72.5 Å². The van der Waals surface area contributed by atoms with Gasteiger partial charge in [0.15, 0.2) is 0 Å².